The molecule has 1 fully saturated rings. The minimum Gasteiger partial charge on any atom is -0.349 e. The van der Waals surface area contributed by atoms with Gasteiger partial charge in [0.1, 0.15) is 0 Å². The van der Waals surface area contributed by atoms with E-state index in [4.69, 9.17) is 5.73 Å². The van der Waals surface area contributed by atoms with E-state index in [0.29, 0.717) is 0 Å². The molecule has 0 bridgehead atoms. The van der Waals surface area contributed by atoms with Crippen molar-refractivity contribution < 1.29 is 13.2 Å². The lowest BCUT2D eigenvalue weighted by Crippen LogP contribution is -2.38. The van der Waals surface area contributed by atoms with Crippen LogP contribution in [0.5, 0.6) is 0 Å². The smallest absolute Gasteiger partial charge is 0.240 e. The number of rotatable bonds is 5. The molecular formula is C16H26ClN3O3S. The molecule has 3 unspecified atom stereocenters. The zero-order valence-electron chi connectivity index (χ0n) is 14.0. The molecular weight excluding hydrogens is 350 g/mol. The molecule has 8 heteroatoms. The largest absolute Gasteiger partial charge is 0.349 e. The fraction of sp³-hybridized carbons (Fsp3) is 0.562. The highest BCUT2D eigenvalue weighted by Crippen LogP contribution is 2.24. The van der Waals surface area contributed by atoms with Crippen molar-refractivity contribution in [1.29, 1.82) is 0 Å². The number of sulfonamides is 1. The van der Waals surface area contributed by atoms with Crippen molar-refractivity contribution in [2.24, 2.45) is 11.7 Å². The van der Waals surface area contributed by atoms with E-state index < -0.39 is 10.0 Å². The Balaban J connectivity index is 0.00000288. The average molecular weight is 376 g/mol. The first-order valence-corrected chi connectivity index (χ1v) is 9.41. The van der Waals surface area contributed by atoms with Crippen LogP contribution in [0.2, 0.25) is 0 Å². The van der Waals surface area contributed by atoms with E-state index >= 15 is 0 Å². The van der Waals surface area contributed by atoms with Gasteiger partial charge in [0, 0.05) is 12.0 Å². The van der Waals surface area contributed by atoms with Crippen molar-refractivity contribution in [2.45, 2.75) is 49.6 Å². The SMILES string of the molecule is CNS(=O)(=O)c1ccc(C(C)NC(=O)C2CCCC(N)C2)cc1.Cl. The van der Waals surface area contributed by atoms with Crippen molar-refractivity contribution in [3.8, 4) is 0 Å². The van der Waals surface area contributed by atoms with Crippen LogP contribution in [0, 0.1) is 5.92 Å². The Hall–Kier alpha value is -1.15. The maximum Gasteiger partial charge on any atom is 0.240 e. The molecule has 24 heavy (non-hydrogen) atoms. The number of carbonyl (C=O) groups is 1. The summed E-state index contributed by atoms with van der Waals surface area (Å²) in [5.74, 6) is 0.00437. The van der Waals surface area contributed by atoms with Gasteiger partial charge in [-0.2, -0.15) is 0 Å². The fourth-order valence-electron chi connectivity index (χ4n) is 2.93. The third-order valence-electron chi connectivity index (χ3n) is 4.40. The van der Waals surface area contributed by atoms with Crippen LogP contribution in [0.3, 0.4) is 0 Å². The summed E-state index contributed by atoms with van der Waals surface area (Å²) in [6, 6.07) is 6.47. The van der Waals surface area contributed by atoms with Crippen LogP contribution in [-0.4, -0.2) is 27.4 Å². The zero-order valence-corrected chi connectivity index (χ0v) is 15.6. The van der Waals surface area contributed by atoms with Crippen molar-refractivity contribution in [3.05, 3.63) is 29.8 Å². The molecule has 0 spiro atoms. The van der Waals surface area contributed by atoms with E-state index in [-0.39, 0.29) is 41.2 Å². The Kier molecular flexibility index (Phi) is 7.66. The topological polar surface area (TPSA) is 101 Å². The van der Waals surface area contributed by atoms with Gasteiger partial charge < -0.3 is 11.1 Å². The molecule has 1 aliphatic rings. The highest BCUT2D eigenvalue weighted by molar-refractivity contribution is 7.89. The Bertz CT molecular complexity index is 649. The Labute approximate surface area is 150 Å². The van der Waals surface area contributed by atoms with Gasteiger partial charge in [0.2, 0.25) is 15.9 Å². The maximum absolute atomic E-state index is 12.3. The van der Waals surface area contributed by atoms with Gasteiger partial charge in [-0.05, 0) is 50.9 Å². The number of nitrogens with one attached hydrogen (secondary N) is 2. The predicted molar refractivity (Wildman–Crippen MR) is 96.4 cm³/mol. The molecule has 0 radical (unpaired) electrons. The highest BCUT2D eigenvalue weighted by Gasteiger charge is 2.26. The van der Waals surface area contributed by atoms with Crippen molar-refractivity contribution in [1.82, 2.24) is 10.0 Å². The van der Waals surface area contributed by atoms with Crippen molar-refractivity contribution in [3.63, 3.8) is 0 Å². The second kappa shape index (κ2) is 8.80. The average Bonchev–Trinajstić information content (AvgIpc) is 2.55. The first kappa shape index (κ1) is 20.9. The molecule has 2 rings (SSSR count). The van der Waals surface area contributed by atoms with Crippen molar-refractivity contribution in [2.75, 3.05) is 7.05 Å². The molecule has 3 atom stereocenters. The lowest BCUT2D eigenvalue weighted by Gasteiger charge is -2.27. The van der Waals surface area contributed by atoms with E-state index in [1.165, 1.54) is 7.05 Å². The number of amides is 1. The standard InChI is InChI=1S/C16H25N3O3S.ClH/c1-11(19-16(20)13-4-3-5-14(17)10-13)12-6-8-15(9-7-12)23(21,22)18-2;/h6-9,11,13-14,18H,3-5,10,17H2,1-2H3,(H,19,20);1H. The second-order valence-corrected chi connectivity index (χ2v) is 8.02. The van der Waals surface area contributed by atoms with Gasteiger partial charge in [-0.1, -0.05) is 18.6 Å². The van der Waals surface area contributed by atoms with Crippen LogP contribution in [0.1, 0.15) is 44.2 Å². The number of halogens is 1. The van der Waals surface area contributed by atoms with Gasteiger partial charge in [-0.15, -0.1) is 12.4 Å². The summed E-state index contributed by atoms with van der Waals surface area (Å²) < 4.78 is 25.7. The molecule has 0 heterocycles. The summed E-state index contributed by atoms with van der Waals surface area (Å²) in [5, 5.41) is 3.00. The second-order valence-electron chi connectivity index (χ2n) is 6.13. The predicted octanol–water partition coefficient (Wildman–Crippen LogP) is 1.71. The van der Waals surface area contributed by atoms with Gasteiger partial charge in [-0.3, -0.25) is 4.79 Å². The Morgan fingerprint density at radius 1 is 1.25 bits per heavy atom. The van der Waals surface area contributed by atoms with Gasteiger partial charge >= 0.3 is 0 Å². The molecule has 1 aliphatic carbocycles. The van der Waals surface area contributed by atoms with Crippen LogP contribution < -0.4 is 15.8 Å². The molecule has 4 N–H and O–H groups in total. The highest BCUT2D eigenvalue weighted by atomic mass is 35.5. The Morgan fingerprint density at radius 2 is 1.88 bits per heavy atom. The number of benzene rings is 1. The molecule has 0 aromatic heterocycles. The van der Waals surface area contributed by atoms with Crippen LogP contribution in [0.15, 0.2) is 29.2 Å². The van der Waals surface area contributed by atoms with Crippen LogP contribution in [0.25, 0.3) is 0 Å². The van der Waals surface area contributed by atoms with Crippen LogP contribution in [0.4, 0.5) is 0 Å². The molecule has 0 saturated heterocycles. The molecule has 136 valence electrons. The lowest BCUT2D eigenvalue weighted by molar-refractivity contribution is -0.126. The summed E-state index contributed by atoms with van der Waals surface area (Å²) in [6.07, 6.45) is 3.59. The van der Waals surface area contributed by atoms with E-state index in [1.54, 1.807) is 24.3 Å². The molecule has 0 aliphatic heterocycles. The summed E-state index contributed by atoms with van der Waals surface area (Å²) in [5.41, 5.74) is 6.80. The normalized spacial score (nSPS) is 22.3. The molecule has 6 nitrogen and oxygen atoms in total. The quantitative estimate of drug-likeness (QED) is 0.729. The fourth-order valence-corrected chi connectivity index (χ4v) is 3.66. The van der Waals surface area contributed by atoms with Gasteiger partial charge in [0.05, 0.1) is 10.9 Å². The number of hydrogen-bond acceptors (Lipinski definition) is 4. The van der Waals surface area contributed by atoms with E-state index in [2.05, 4.69) is 10.0 Å². The third kappa shape index (κ3) is 5.17. The first-order chi connectivity index (χ1) is 10.8. The molecule has 1 saturated carbocycles. The molecule has 1 aromatic carbocycles. The van der Waals surface area contributed by atoms with E-state index in [1.807, 2.05) is 6.92 Å². The number of hydrogen-bond donors (Lipinski definition) is 3. The van der Waals surface area contributed by atoms with E-state index in [0.717, 1.165) is 31.2 Å². The molecule has 1 amide bonds. The maximum atomic E-state index is 12.3. The van der Waals surface area contributed by atoms with Gasteiger partial charge in [0.15, 0.2) is 0 Å². The zero-order chi connectivity index (χ0) is 17.0. The monoisotopic (exact) mass is 375 g/mol. The van der Waals surface area contributed by atoms with Crippen LogP contribution >= 0.6 is 12.4 Å². The summed E-state index contributed by atoms with van der Waals surface area (Å²) in [4.78, 5) is 12.5. The Morgan fingerprint density at radius 3 is 2.42 bits per heavy atom. The summed E-state index contributed by atoms with van der Waals surface area (Å²) in [6.45, 7) is 1.89. The number of nitrogens with two attached hydrogens (primary N) is 1. The van der Waals surface area contributed by atoms with Crippen LogP contribution in [-0.2, 0) is 14.8 Å². The first-order valence-electron chi connectivity index (χ1n) is 7.93. The molecule has 1 aromatic rings. The summed E-state index contributed by atoms with van der Waals surface area (Å²) in [7, 11) is -2.06. The minimum absolute atomic E-state index is 0. The van der Waals surface area contributed by atoms with Gasteiger partial charge in [0.25, 0.3) is 0 Å². The van der Waals surface area contributed by atoms with Crippen molar-refractivity contribution >= 4 is 28.3 Å². The lowest BCUT2D eigenvalue weighted by atomic mass is 9.85. The van der Waals surface area contributed by atoms with Gasteiger partial charge in [-0.25, -0.2) is 13.1 Å². The third-order valence-corrected chi connectivity index (χ3v) is 5.83. The minimum atomic E-state index is -3.44. The summed E-state index contributed by atoms with van der Waals surface area (Å²) >= 11 is 0. The van der Waals surface area contributed by atoms with E-state index in [9.17, 15) is 13.2 Å². The number of carbonyl (C=O) groups excluding carboxylic acids is 1.